The molecule has 3 rings (SSSR count). The van der Waals surface area contributed by atoms with Gasteiger partial charge in [-0.05, 0) is 76.3 Å². The lowest BCUT2D eigenvalue weighted by atomic mass is 9.81. The zero-order valence-corrected chi connectivity index (χ0v) is 19.6. The Morgan fingerprint density at radius 3 is 2.03 bits per heavy atom. The van der Waals surface area contributed by atoms with Crippen LogP contribution in [0.2, 0.25) is 0 Å². The molecule has 0 aliphatic heterocycles. The second kappa shape index (κ2) is 10.3. The van der Waals surface area contributed by atoms with E-state index in [2.05, 4.69) is 10.0 Å². The first-order valence-corrected chi connectivity index (χ1v) is 13.1. The molecule has 168 valence electrons. The Hall–Kier alpha value is -1.40. The third-order valence-electron chi connectivity index (χ3n) is 6.85. The third-order valence-corrected chi connectivity index (χ3v) is 8.58. The molecule has 5 nitrogen and oxygen atoms in total. The molecule has 1 aromatic carbocycles. The number of sulfonamides is 1. The minimum Gasteiger partial charge on any atom is -0.353 e. The van der Waals surface area contributed by atoms with Crippen molar-refractivity contribution in [2.24, 2.45) is 11.8 Å². The summed E-state index contributed by atoms with van der Waals surface area (Å²) in [6, 6.07) is 4.19. The number of hydrogen-bond acceptors (Lipinski definition) is 3. The fourth-order valence-corrected chi connectivity index (χ4v) is 6.83. The van der Waals surface area contributed by atoms with Crippen molar-refractivity contribution in [2.45, 2.75) is 95.9 Å². The second-order valence-electron chi connectivity index (χ2n) is 9.49. The highest BCUT2D eigenvalue weighted by Gasteiger charge is 2.29. The average Bonchev–Trinajstić information content (AvgIpc) is 2.94. The Morgan fingerprint density at radius 2 is 1.47 bits per heavy atom. The smallest absolute Gasteiger partial charge is 0.241 e. The van der Waals surface area contributed by atoms with Crippen LogP contribution >= 0.6 is 0 Å². The lowest BCUT2D eigenvalue weighted by molar-refractivity contribution is -0.127. The van der Waals surface area contributed by atoms with Crippen molar-refractivity contribution in [3.8, 4) is 0 Å². The normalized spacial score (nSPS) is 23.7. The Morgan fingerprint density at radius 1 is 0.900 bits per heavy atom. The van der Waals surface area contributed by atoms with Crippen LogP contribution in [0, 0.1) is 32.6 Å². The van der Waals surface area contributed by atoms with Gasteiger partial charge < -0.3 is 5.32 Å². The second-order valence-corrected chi connectivity index (χ2v) is 11.2. The molecule has 2 saturated carbocycles. The van der Waals surface area contributed by atoms with Crippen LogP contribution in [0.3, 0.4) is 0 Å². The van der Waals surface area contributed by atoms with Crippen molar-refractivity contribution < 1.29 is 13.2 Å². The summed E-state index contributed by atoms with van der Waals surface area (Å²) >= 11 is 0. The minimum absolute atomic E-state index is 0.0858. The first-order chi connectivity index (χ1) is 14.3. The Kier molecular flexibility index (Phi) is 7.97. The van der Waals surface area contributed by atoms with E-state index in [4.69, 9.17) is 0 Å². The molecule has 0 heterocycles. The largest absolute Gasteiger partial charge is 0.353 e. The fraction of sp³-hybridized carbons (Fsp3) is 0.708. The summed E-state index contributed by atoms with van der Waals surface area (Å²) in [7, 11) is -3.52. The van der Waals surface area contributed by atoms with Gasteiger partial charge >= 0.3 is 0 Å². The average molecular weight is 435 g/mol. The fourth-order valence-electron chi connectivity index (χ4n) is 5.26. The lowest BCUT2D eigenvalue weighted by Gasteiger charge is -2.29. The molecule has 0 spiro atoms. The van der Waals surface area contributed by atoms with Crippen LogP contribution in [-0.4, -0.2) is 26.9 Å². The van der Waals surface area contributed by atoms with Gasteiger partial charge in [-0.2, -0.15) is 0 Å². The van der Waals surface area contributed by atoms with Crippen LogP contribution in [0.4, 0.5) is 0 Å². The van der Waals surface area contributed by atoms with Gasteiger partial charge in [0.1, 0.15) is 0 Å². The van der Waals surface area contributed by atoms with Gasteiger partial charge in [0.15, 0.2) is 0 Å². The van der Waals surface area contributed by atoms with Crippen LogP contribution in [0.25, 0.3) is 0 Å². The number of amides is 1. The van der Waals surface area contributed by atoms with Gasteiger partial charge in [0.05, 0.1) is 4.90 Å². The quantitative estimate of drug-likeness (QED) is 0.646. The summed E-state index contributed by atoms with van der Waals surface area (Å²) in [5.74, 6) is 0.599. The summed E-state index contributed by atoms with van der Waals surface area (Å²) in [5.41, 5.74) is 2.65. The Bertz CT molecular complexity index is 811. The number of hydrogen-bond donors (Lipinski definition) is 2. The maximum absolute atomic E-state index is 12.9. The predicted molar refractivity (Wildman–Crippen MR) is 121 cm³/mol. The number of nitrogens with one attached hydrogen (secondary N) is 2. The van der Waals surface area contributed by atoms with Crippen LogP contribution in [0.15, 0.2) is 17.0 Å². The Labute approximate surface area is 182 Å². The maximum atomic E-state index is 12.9. The van der Waals surface area contributed by atoms with Gasteiger partial charge in [-0.25, -0.2) is 13.1 Å². The Balaban J connectivity index is 1.48. The number of carbonyl (C=O) groups is 1. The first kappa shape index (κ1) is 23.3. The van der Waals surface area contributed by atoms with Crippen LogP contribution in [0.1, 0.15) is 80.9 Å². The standard InChI is InChI=1S/C24H38N2O3S/c1-17-14-18(2)23(19(3)15-17)30(28,29)25-16-20-10-12-21(13-11-20)24(27)26-22-8-6-4-5-7-9-22/h14-15,20-22,25H,4-13,16H2,1-3H3,(H,26,27). The lowest BCUT2D eigenvalue weighted by Crippen LogP contribution is -2.40. The molecule has 2 N–H and O–H groups in total. The summed E-state index contributed by atoms with van der Waals surface area (Å²) < 4.78 is 28.6. The van der Waals surface area contributed by atoms with Gasteiger partial charge in [-0.15, -0.1) is 0 Å². The van der Waals surface area contributed by atoms with Crippen molar-refractivity contribution in [3.05, 3.63) is 28.8 Å². The zero-order valence-electron chi connectivity index (χ0n) is 18.8. The summed E-state index contributed by atoms with van der Waals surface area (Å²) in [6.45, 7) is 6.14. The molecular weight excluding hydrogens is 396 g/mol. The van der Waals surface area contributed by atoms with E-state index in [1.54, 1.807) is 0 Å². The number of aryl methyl sites for hydroxylation is 3. The molecule has 1 amide bonds. The molecule has 0 aromatic heterocycles. The van der Waals surface area contributed by atoms with E-state index >= 15 is 0 Å². The van der Waals surface area contributed by atoms with E-state index in [-0.39, 0.29) is 11.8 Å². The van der Waals surface area contributed by atoms with Gasteiger partial charge in [0.25, 0.3) is 0 Å². The van der Waals surface area contributed by atoms with Crippen LogP contribution < -0.4 is 10.0 Å². The molecular formula is C24H38N2O3S. The van der Waals surface area contributed by atoms with E-state index in [0.29, 0.717) is 23.4 Å². The molecule has 0 atom stereocenters. The third kappa shape index (κ3) is 6.07. The van der Waals surface area contributed by atoms with Gasteiger partial charge in [-0.3, -0.25) is 4.79 Å². The highest BCUT2D eigenvalue weighted by atomic mass is 32.2. The number of rotatable bonds is 6. The number of carbonyl (C=O) groups excluding carboxylic acids is 1. The van der Waals surface area contributed by atoms with Crippen molar-refractivity contribution in [1.29, 1.82) is 0 Å². The summed E-state index contributed by atoms with van der Waals surface area (Å²) in [6.07, 6.45) is 10.7. The molecule has 0 radical (unpaired) electrons. The molecule has 6 heteroatoms. The highest BCUT2D eigenvalue weighted by Crippen LogP contribution is 2.30. The molecule has 2 aliphatic rings. The molecule has 0 saturated heterocycles. The molecule has 30 heavy (non-hydrogen) atoms. The van der Waals surface area contributed by atoms with E-state index in [0.717, 1.165) is 55.2 Å². The molecule has 1 aromatic rings. The van der Waals surface area contributed by atoms with Gasteiger partial charge in [0, 0.05) is 18.5 Å². The first-order valence-electron chi connectivity index (χ1n) is 11.6. The van der Waals surface area contributed by atoms with Crippen molar-refractivity contribution in [2.75, 3.05) is 6.54 Å². The highest BCUT2D eigenvalue weighted by molar-refractivity contribution is 7.89. The van der Waals surface area contributed by atoms with Crippen molar-refractivity contribution in [3.63, 3.8) is 0 Å². The minimum atomic E-state index is -3.52. The van der Waals surface area contributed by atoms with Crippen LogP contribution in [0.5, 0.6) is 0 Å². The van der Waals surface area contributed by atoms with E-state index in [1.807, 2.05) is 32.9 Å². The molecule has 0 bridgehead atoms. The topological polar surface area (TPSA) is 75.3 Å². The summed E-state index contributed by atoms with van der Waals surface area (Å²) in [4.78, 5) is 13.1. The van der Waals surface area contributed by atoms with E-state index in [9.17, 15) is 13.2 Å². The number of benzene rings is 1. The maximum Gasteiger partial charge on any atom is 0.241 e. The van der Waals surface area contributed by atoms with Gasteiger partial charge in [-0.1, -0.05) is 43.4 Å². The van der Waals surface area contributed by atoms with Crippen LogP contribution in [-0.2, 0) is 14.8 Å². The molecule has 2 aliphatic carbocycles. The molecule has 2 fully saturated rings. The summed E-state index contributed by atoms with van der Waals surface area (Å²) in [5, 5.41) is 3.29. The van der Waals surface area contributed by atoms with Crippen molar-refractivity contribution >= 4 is 15.9 Å². The van der Waals surface area contributed by atoms with E-state index in [1.165, 1.54) is 25.7 Å². The predicted octanol–water partition coefficient (Wildman–Crippen LogP) is 4.54. The van der Waals surface area contributed by atoms with Crippen molar-refractivity contribution in [1.82, 2.24) is 10.0 Å². The monoisotopic (exact) mass is 434 g/mol. The van der Waals surface area contributed by atoms with E-state index < -0.39 is 10.0 Å². The SMILES string of the molecule is Cc1cc(C)c(S(=O)(=O)NCC2CCC(C(=O)NC3CCCCCC3)CC2)c(C)c1. The zero-order chi connectivity index (χ0) is 21.7. The molecule has 0 unspecified atom stereocenters. The van der Waals surface area contributed by atoms with Gasteiger partial charge in [0.2, 0.25) is 15.9 Å².